The zero-order valence-electron chi connectivity index (χ0n) is 9.37. The highest BCUT2D eigenvalue weighted by Crippen LogP contribution is 2.19. The molecule has 0 fully saturated rings. The second-order valence-electron chi connectivity index (χ2n) is 3.88. The number of carboxylic acid groups (broad SMARTS) is 1. The van der Waals surface area contributed by atoms with Gasteiger partial charge in [0.1, 0.15) is 6.10 Å². The molecule has 1 aliphatic heterocycles. The topological polar surface area (TPSA) is 46.5 Å². The first-order valence-corrected chi connectivity index (χ1v) is 5.58. The molecule has 0 aromatic heterocycles. The molecule has 17 heavy (non-hydrogen) atoms. The first-order valence-electron chi connectivity index (χ1n) is 5.58. The van der Waals surface area contributed by atoms with E-state index in [4.69, 9.17) is 4.74 Å². The Morgan fingerprint density at radius 1 is 1.35 bits per heavy atom. The van der Waals surface area contributed by atoms with Crippen molar-refractivity contribution in [3.8, 4) is 0 Å². The normalized spacial score (nSPS) is 19.8. The molecule has 0 saturated carbocycles. The van der Waals surface area contributed by atoms with Gasteiger partial charge in [-0.15, -0.1) is 0 Å². The van der Waals surface area contributed by atoms with E-state index in [9.17, 15) is 9.90 Å². The molecule has 0 saturated heterocycles. The number of carboxylic acids is 1. The third kappa shape index (κ3) is 2.97. The molecule has 2 rings (SSSR count). The lowest BCUT2D eigenvalue weighted by atomic mass is 10.0. The van der Waals surface area contributed by atoms with Crippen LogP contribution < -0.4 is 0 Å². The molecule has 0 bridgehead atoms. The van der Waals surface area contributed by atoms with Gasteiger partial charge in [0, 0.05) is 0 Å². The number of ether oxygens (including phenoxy) is 1. The van der Waals surface area contributed by atoms with Gasteiger partial charge in [-0.05, 0) is 30.6 Å². The van der Waals surface area contributed by atoms with Crippen LogP contribution in [0, 0.1) is 0 Å². The lowest BCUT2D eigenvalue weighted by Crippen LogP contribution is -2.12. The Morgan fingerprint density at radius 2 is 2.12 bits per heavy atom. The Balaban J connectivity index is 2.26. The first kappa shape index (κ1) is 11.5. The Morgan fingerprint density at radius 3 is 2.71 bits per heavy atom. The zero-order valence-corrected chi connectivity index (χ0v) is 9.37. The minimum atomic E-state index is -0.922. The SMILES string of the molecule is O=C(O)C(=CC1CCC=CO1)c1ccccc1. The van der Waals surface area contributed by atoms with E-state index in [0.717, 1.165) is 12.8 Å². The molecule has 0 spiro atoms. The molecule has 0 aliphatic carbocycles. The van der Waals surface area contributed by atoms with Crippen molar-refractivity contribution in [2.45, 2.75) is 18.9 Å². The van der Waals surface area contributed by atoms with Crippen LogP contribution in [0.25, 0.3) is 5.57 Å². The van der Waals surface area contributed by atoms with Gasteiger partial charge < -0.3 is 9.84 Å². The maximum atomic E-state index is 11.2. The third-order valence-corrected chi connectivity index (χ3v) is 2.64. The van der Waals surface area contributed by atoms with E-state index in [1.165, 1.54) is 0 Å². The monoisotopic (exact) mass is 230 g/mol. The summed E-state index contributed by atoms with van der Waals surface area (Å²) in [5.41, 5.74) is 1.00. The lowest BCUT2D eigenvalue weighted by Gasteiger charge is -2.16. The smallest absolute Gasteiger partial charge is 0.336 e. The zero-order chi connectivity index (χ0) is 12.1. The Kier molecular flexibility index (Phi) is 3.60. The average molecular weight is 230 g/mol. The molecule has 1 aliphatic rings. The average Bonchev–Trinajstić information content (AvgIpc) is 2.38. The molecule has 0 amide bonds. The molecular formula is C14H14O3. The van der Waals surface area contributed by atoms with Crippen molar-refractivity contribution >= 4 is 11.5 Å². The summed E-state index contributed by atoms with van der Waals surface area (Å²) in [6.07, 6.45) is 6.85. The second-order valence-corrected chi connectivity index (χ2v) is 3.88. The van der Waals surface area contributed by atoms with Gasteiger partial charge in [-0.25, -0.2) is 4.79 Å². The Labute approximate surface area is 100 Å². The van der Waals surface area contributed by atoms with E-state index in [1.807, 2.05) is 24.3 Å². The van der Waals surface area contributed by atoms with Gasteiger partial charge >= 0.3 is 5.97 Å². The van der Waals surface area contributed by atoms with Crippen LogP contribution in [0.4, 0.5) is 0 Å². The number of rotatable bonds is 3. The number of hydrogen-bond donors (Lipinski definition) is 1. The van der Waals surface area contributed by atoms with Gasteiger partial charge in [-0.1, -0.05) is 30.3 Å². The van der Waals surface area contributed by atoms with E-state index in [0.29, 0.717) is 11.1 Å². The van der Waals surface area contributed by atoms with Crippen molar-refractivity contribution in [2.75, 3.05) is 0 Å². The van der Waals surface area contributed by atoms with Gasteiger partial charge in [0.2, 0.25) is 0 Å². The third-order valence-electron chi connectivity index (χ3n) is 2.64. The van der Waals surface area contributed by atoms with Gasteiger partial charge in [0.15, 0.2) is 0 Å². The predicted octanol–water partition coefficient (Wildman–Crippen LogP) is 2.85. The van der Waals surface area contributed by atoms with Crippen molar-refractivity contribution in [1.29, 1.82) is 0 Å². The van der Waals surface area contributed by atoms with Crippen LogP contribution in [-0.4, -0.2) is 17.2 Å². The van der Waals surface area contributed by atoms with Crippen LogP contribution in [0.2, 0.25) is 0 Å². The summed E-state index contributed by atoms with van der Waals surface area (Å²) in [4.78, 5) is 11.2. The molecule has 1 aromatic carbocycles. The standard InChI is InChI=1S/C14H14O3/c15-14(16)13(11-6-2-1-3-7-11)10-12-8-4-5-9-17-12/h1-3,5-7,9-10,12H,4,8H2,(H,15,16). The van der Waals surface area contributed by atoms with E-state index < -0.39 is 5.97 Å². The molecule has 1 unspecified atom stereocenters. The lowest BCUT2D eigenvalue weighted by molar-refractivity contribution is -0.130. The predicted molar refractivity (Wildman–Crippen MR) is 65.3 cm³/mol. The van der Waals surface area contributed by atoms with Gasteiger partial charge in [-0.3, -0.25) is 0 Å². The highest BCUT2D eigenvalue weighted by atomic mass is 16.5. The molecule has 88 valence electrons. The van der Waals surface area contributed by atoms with Crippen molar-refractivity contribution in [1.82, 2.24) is 0 Å². The second kappa shape index (κ2) is 5.34. The molecule has 1 heterocycles. The van der Waals surface area contributed by atoms with Gasteiger partial charge in [0.05, 0.1) is 11.8 Å². The van der Waals surface area contributed by atoms with Crippen molar-refractivity contribution < 1.29 is 14.6 Å². The van der Waals surface area contributed by atoms with E-state index >= 15 is 0 Å². The largest absolute Gasteiger partial charge is 0.494 e. The summed E-state index contributed by atoms with van der Waals surface area (Å²) in [6, 6.07) is 9.10. The molecule has 3 nitrogen and oxygen atoms in total. The molecule has 3 heteroatoms. The molecule has 1 N–H and O–H groups in total. The highest BCUT2D eigenvalue weighted by Gasteiger charge is 2.15. The van der Waals surface area contributed by atoms with Crippen LogP contribution >= 0.6 is 0 Å². The summed E-state index contributed by atoms with van der Waals surface area (Å²) in [6.45, 7) is 0. The minimum absolute atomic E-state index is 0.147. The Bertz CT molecular complexity index is 446. The van der Waals surface area contributed by atoms with Gasteiger partial charge in [0.25, 0.3) is 0 Å². The highest BCUT2D eigenvalue weighted by molar-refractivity contribution is 6.15. The van der Waals surface area contributed by atoms with Crippen LogP contribution in [0.5, 0.6) is 0 Å². The molecule has 0 radical (unpaired) electrons. The van der Waals surface area contributed by atoms with E-state index in [2.05, 4.69) is 0 Å². The molecule has 1 atom stereocenters. The van der Waals surface area contributed by atoms with Crippen molar-refractivity contribution in [3.63, 3.8) is 0 Å². The van der Waals surface area contributed by atoms with Crippen LogP contribution in [-0.2, 0) is 9.53 Å². The maximum absolute atomic E-state index is 11.2. The van der Waals surface area contributed by atoms with Crippen molar-refractivity contribution in [2.24, 2.45) is 0 Å². The van der Waals surface area contributed by atoms with Crippen LogP contribution in [0.3, 0.4) is 0 Å². The number of hydrogen-bond acceptors (Lipinski definition) is 2. The van der Waals surface area contributed by atoms with E-state index in [-0.39, 0.29) is 6.10 Å². The number of carbonyl (C=O) groups is 1. The van der Waals surface area contributed by atoms with Gasteiger partial charge in [-0.2, -0.15) is 0 Å². The van der Waals surface area contributed by atoms with Crippen LogP contribution in [0.15, 0.2) is 48.7 Å². The number of aliphatic carboxylic acids is 1. The van der Waals surface area contributed by atoms with Crippen molar-refractivity contribution in [3.05, 3.63) is 54.3 Å². The number of allylic oxidation sites excluding steroid dienone is 1. The minimum Gasteiger partial charge on any atom is -0.494 e. The summed E-state index contributed by atoms with van der Waals surface area (Å²) >= 11 is 0. The maximum Gasteiger partial charge on any atom is 0.336 e. The molecule has 1 aromatic rings. The summed E-state index contributed by atoms with van der Waals surface area (Å²) in [7, 11) is 0. The fourth-order valence-corrected chi connectivity index (χ4v) is 1.77. The fourth-order valence-electron chi connectivity index (χ4n) is 1.77. The quantitative estimate of drug-likeness (QED) is 0.812. The number of benzene rings is 1. The summed E-state index contributed by atoms with van der Waals surface area (Å²) in [5, 5.41) is 9.22. The molecular weight excluding hydrogens is 216 g/mol. The summed E-state index contributed by atoms with van der Waals surface area (Å²) in [5.74, 6) is -0.922. The van der Waals surface area contributed by atoms with E-state index in [1.54, 1.807) is 24.5 Å². The summed E-state index contributed by atoms with van der Waals surface area (Å²) < 4.78 is 5.36. The first-order chi connectivity index (χ1) is 8.27. The fraction of sp³-hybridized carbons (Fsp3) is 0.214. The Hall–Kier alpha value is -2.03. The van der Waals surface area contributed by atoms with Crippen LogP contribution in [0.1, 0.15) is 18.4 Å².